The molecule has 150 valence electrons. The number of aromatic nitrogens is 1. The summed E-state index contributed by atoms with van der Waals surface area (Å²) in [7, 11) is -4.05. The Morgan fingerprint density at radius 2 is 1.71 bits per heavy atom. The van der Waals surface area contributed by atoms with Crippen molar-refractivity contribution in [1.29, 1.82) is 0 Å². The number of rotatable bonds is 4. The smallest absolute Gasteiger partial charge is 0.416 e. The molecule has 1 N–H and O–H groups in total. The third-order valence-electron chi connectivity index (χ3n) is 4.37. The molecular formula is C17H16F3N3O4S. The lowest BCUT2D eigenvalue weighted by Gasteiger charge is -2.35. The maximum absolute atomic E-state index is 12.9. The highest BCUT2D eigenvalue weighted by Gasteiger charge is 2.34. The minimum absolute atomic E-state index is 0.00574. The molecule has 1 aliphatic rings. The topological polar surface area (TPSA) is 90.8 Å². The number of sulfonamides is 1. The summed E-state index contributed by atoms with van der Waals surface area (Å²) in [4.78, 5) is 16.5. The summed E-state index contributed by atoms with van der Waals surface area (Å²) >= 11 is 0. The van der Waals surface area contributed by atoms with Crippen molar-refractivity contribution in [3.8, 4) is 0 Å². The van der Waals surface area contributed by atoms with Gasteiger partial charge in [0.25, 0.3) is 0 Å². The van der Waals surface area contributed by atoms with E-state index < -0.39 is 27.7 Å². The second-order valence-corrected chi connectivity index (χ2v) is 8.00. The zero-order valence-corrected chi connectivity index (χ0v) is 15.2. The van der Waals surface area contributed by atoms with E-state index in [0.717, 1.165) is 22.6 Å². The number of carbonyl (C=O) groups is 1. The standard InChI is InChI=1S/C17H16F3N3O4S/c18-17(19,20)12-5-6-21-15(11-12)22-7-9-23(10-8-22)28(26,27)14-4-2-1-3-13(14)16(24)25/h1-6,11H,7-10H2,(H,24,25). The molecule has 28 heavy (non-hydrogen) atoms. The van der Waals surface area contributed by atoms with Gasteiger partial charge in [0.2, 0.25) is 10.0 Å². The second kappa shape index (κ2) is 7.40. The summed E-state index contributed by atoms with van der Waals surface area (Å²) < 4.78 is 65.4. The van der Waals surface area contributed by atoms with Crippen LogP contribution in [0.4, 0.5) is 19.0 Å². The molecule has 1 fully saturated rings. The van der Waals surface area contributed by atoms with Crippen LogP contribution in [-0.2, 0) is 16.2 Å². The number of benzene rings is 1. The molecule has 2 aromatic rings. The van der Waals surface area contributed by atoms with E-state index in [9.17, 15) is 31.5 Å². The van der Waals surface area contributed by atoms with Crippen molar-refractivity contribution in [2.45, 2.75) is 11.1 Å². The number of hydrogen-bond donors (Lipinski definition) is 1. The summed E-state index contributed by atoms with van der Waals surface area (Å²) in [5.74, 6) is -1.25. The van der Waals surface area contributed by atoms with Crippen molar-refractivity contribution in [1.82, 2.24) is 9.29 Å². The van der Waals surface area contributed by atoms with Crippen LogP contribution in [0.1, 0.15) is 15.9 Å². The Morgan fingerprint density at radius 3 is 2.32 bits per heavy atom. The van der Waals surface area contributed by atoms with Crippen molar-refractivity contribution in [3.05, 3.63) is 53.7 Å². The average molecular weight is 415 g/mol. The zero-order chi connectivity index (χ0) is 20.5. The summed E-state index contributed by atoms with van der Waals surface area (Å²) in [6.07, 6.45) is -3.44. The largest absolute Gasteiger partial charge is 0.478 e. The Morgan fingerprint density at radius 1 is 1.07 bits per heavy atom. The minimum atomic E-state index is -4.50. The number of hydrogen-bond acceptors (Lipinski definition) is 5. The molecule has 1 aromatic carbocycles. The third kappa shape index (κ3) is 3.94. The van der Waals surface area contributed by atoms with E-state index in [1.54, 1.807) is 4.90 Å². The van der Waals surface area contributed by atoms with Crippen molar-refractivity contribution >= 4 is 21.8 Å². The van der Waals surface area contributed by atoms with Crippen LogP contribution in [-0.4, -0.2) is 55.0 Å². The monoisotopic (exact) mass is 415 g/mol. The highest BCUT2D eigenvalue weighted by Crippen LogP contribution is 2.31. The molecule has 7 nitrogen and oxygen atoms in total. The number of carboxylic acids is 1. The van der Waals surface area contributed by atoms with Gasteiger partial charge in [-0.25, -0.2) is 18.2 Å². The van der Waals surface area contributed by atoms with Crippen LogP contribution in [0.25, 0.3) is 0 Å². The Balaban J connectivity index is 1.78. The Hall–Kier alpha value is -2.66. The van der Waals surface area contributed by atoms with E-state index in [4.69, 9.17) is 0 Å². The molecule has 0 atom stereocenters. The normalized spacial score (nSPS) is 16.2. The van der Waals surface area contributed by atoms with Gasteiger partial charge >= 0.3 is 12.1 Å². The van der Waals surface area contributed by atoms with Crippen molar-refractivity contribution < 1.29 is 31.5 Å². The summed E-state index contributed by atoms with van der Waals surface area (Å²) in [5.41, 5.74) is -1.16. The first kappa shape index (κ1) is 20.1. The molecule has 11 heteroatoms. The lowest BCUT2D eigenvalue weighted by molar-refractivity contribution is -0.137. The average Bonchev–Trinajstić information content (AvgIpc) is 2.67. The number of alkyl halides is 3. The first-order valence-corrected chi connectivity index (χ1v) is 9.65. The third-order valence-corrected chi connectivity index (χ3v) is 6.33. The fourth-order valence-electron chi connectivity index (χ4n) is 2.93. The molecule has 1 aromatic heterocycles. The highest BCUT2D eigenvalue weighted by molar-refractivity contribution is 7.89. The molecule has 0 radical (unpaired) electrons. The van der Waals surface area contributed by atoms with Crippen LogP contribution in [0.15, 0.2) is 47.5 Å². The van der Waals surface area contributed by atoms with Crippen LogP contribution in [0.2, 0.25) is 0 Å². The van der Waals surface area contributed by atoms with Gasteiger partial charge in [0, 0.05) is 32.4 Å². The van der Waals surface area contributed by atoms with Crippen molar-refractivity contribution in [2.75, 3.05) is 31.1 Å². The van der Waals surface area contributed by atoms with Crippen molar-refractivity contribution in [2.24, 2.45) is 0 Å². The second-order valence-electron chi connectivity index (χ2n) is 6.09. The number of carboxylic acid groups (broad SMARTS) is 1. The Kier molecular flexibility index (Phi) is 5.31. The highest BCUT2D eigenvalue weighted by atomic mass is 32.2. The first-order valence-electron chi connectivity index (χ1n) is 8.21. The Labute approximate surface area is 159 Å². The van der Waals surface area contributed by atoms with Gasteiger partial charge < -0.3 is 10.0 Å². The number of pyridine rings is 1. The van der Waals surface area contributed by atoms with E-state index in [2.05, 4.69) is 4.98 Å². The fourth-order valence-corrected chi connectivity index (χ4v) is 4.54. The molecule has 0 bridgehead atoms. The van der Waals surface area contributed by atoms with Gasteiger partial charge in [-0.1, -0.05) is 12.1 Å². The predicted molar refractivity (Wildman–Crippen MR) is 93.6 cm³/mol. The number of piperazine rings is 1. The predicted octanol–water partition coefficient (Wildman–Crippen LogP) is 2.31. The number of nitrogens with zero attached hydrogens (tertiary/aromatic N) is 3. The van der Waals surface area contributed by atoms with E-state index in [1.165, 1.54) is 24.3 Å². The minimum Gasteiger partial charge on any atom is -0.478 e. The number of aromatic carboxylic acids is 1. The van der Waals surface area contributed by atoms with Gasteiger partial charge in [-0.15, -0.1) is 0 Å². The molecule has 0 saturated carbocycles. The molecule has 0 aliphatic carbocycles. The number of halogens is 3. The quantitative estimate of drug-likeness (QED) is 0.824. The van der Waals surface area contributed by atoms with Crippen LogP contribution in [0.5, 0.6) is 0 Å². The molecule has 0 unspecified atom stereocenters. The van der Waals surface area contributed by atoms with Gasteiger partial charge in [0.15, 0.2) is 0 Å². The zero-order valence-electron chi connectivity index (χ0n) is 14.4. The molecule has 0 amide bonds. The number of anilines is 1. The molecule has 2 heterocycles. The summed E-state index contributed by atoms with van der Waals surface area (Å²) in [6.45, 7) is 0.244. The SMILES string of the molecule is O=C(O)c1ccccc1S(=O)(=O)N1CCN(c2cc(C(F)(F)F)ccn2)CC1. The van der Waals surface area contributed by atoms with Gasteiger partial charge in [-0.05, 0) is 24.3 Å². The van der Waals surface area contributed by atoms with Gasteiger partial charge in [0.1, 0.15) is 5.82 Å². The van der Waals surface area contributed by atoms with Gasteiger partial charge in [-0.2, -0.15) is 17.5 Å². The van der Waals surface area contributed by atoms with Gasteiger partial charge in [0.05, 0.1) is 16.0 Å². The van der Waals surface area contributed by atoms with Crippen LogP contribution in [0, 0.1) is 0 Å². The molecule has 1 saturated heterocycles. The molecule has 1 aliphatic heterocycles. The summed E-state index contributed by atoms with van der Waals surface area (Å²) in [6, 6.07) is 7.08. The first-order chi connectivity index (χ1) is 13.1. The maximum Gasteiger partial charge on any atom is 0.416 e. The van der Waals surface area contributed by atoms with Gasteiger partial charge in [-0.3, -0.25) is 0 Å². The lowest BCUT2D eigenvalue weighted by atomic mass is 10.2. The fraction of sp³-hybridized carbons (Fsp3) is 0.294. The van der Waals surface area contributed by atoms with Crippen LogP contribution < -0.4 is 4.90 Å². The maximum atomic E-state index is 12.9. The van der Waals surface area contributed by atoms with Crippen LogP contribution in [0.3, 0.4) is 0 Å². The van der Waals surface area contributed by atoms with E-state index in [1.807, 2.05) is 0 Å². The van der Waals surface area contributed by atoms with Crippen molar-refractivity contribution in [3.63, 3.8) is 0 Å². The van der Waals surface area contributed by atoms with Crippen LogP contribution >= 0.6 is 0 Å². The Bertz CT molecular complexity index is 987. The van der Waals surface area contributed by atoms with E-state index in [-0.39, 0.29) is 42.5 Å². The molecule has 0 spiro atoms. The van der Waals surface area contributed by atoms with E-state index in [0.29, 0.717) is 0 Å². The molecular weight excluding hydrogens is 399 g/mol. The van der Waals surface area contributed by atoms with E-state index >= 15 is 0 Å². The summed E-state index contributed by atoms with van der Waals surface area (Å²) in [5, 5.41) is 9.22. The lowest BCUT2D eigenvalue weighted by Crippen LogP contribution is -2.49. The molecule has 3 rings (SSSR count).